The van der Waals surface area contributed by atoms with Crippen LogP contribution in [-0.4, -0.2) is 37.4 Å². The third-order valence-electron chi connectivity index (χ3n) is 5.71. The van der Waals surface area contributed by atoms with Gasteiger partial charge < -0.3 is 5.32 Å². The maximum Gasteiger partial charge on any atom is 0.233 e. The van der Waals surface area contributed by atoms with Crippen molar-refractivity contribution in [1.29, 1.82) is 0 Å². The van der Waals surface area contributed by atoms with Crippen LogP contribution in [-0.2, 0) is 4.79 Å². The lowest BCUT2D eigenvalue weighted by Crippen LogP contribution is -2.46. The normalized spacial score (nSPS) is 23.8. The lowest BCUT2D eigenvalue weighted by molar-refractivity contribution is -0.121. The molecule has 1 saturated carbocycles. The monoisotopic (exact) mass is 387 g/mol. The molecule has 1 heterocycles. The summed E-state index contributed by atoms with van der Waals surface area (Å²) in [6.07, 6.45) is 3.50. The van der Waals surface area contributed by atoms with Crippen LogP contribution in [0.2, 0.25) is 0 Å². The number of aromatic nitrogens is 4. The molecule has 6 nitrogen and oxygen atoms in total. The molecule has 1 aromatic carbocycles. The molecule has 27 heavy (non-hydrogen) atoms. The number of amides is 1. The Labute approximate surface area is 165 Å². The van der Waals surface area contributed by atoms with Gasteiger partial charge in [-0.05, 0) is 61.1 Å². The minimum absolute atomic E-state index is 0.0566. The first kappa shape index (κ1) is 19.9. The fraction of sp³-hybridized carbons (Fsp3) is 0.600. The molecule has 146 valence electrons. The van der Waals surface area contributed by atoms with E-state index in [1.165, 1.54) is 30.2 Å². The highest BCUT2D eigenvalue weighted by Gasteiger charge is 2.30. The number of benzene rings is 1. The van der Waals surface area contributed by atoms with E-state index in [9.17, 15) is 4.79 Å². The number of hydrogen-bond acceptors (Lipinski definition) is 5. The molecule has 1 fully saturated rings. The lowest BCUT2D eigenvalue weighted by Gasteiger charge is -2.35. The number of hydrogen-bond donors (Lipinski definition) is 1. The second-order valence-corrected chi connectivity index (χ2v) is 9.11. The highest BCUT2D eigenvalue weighted by Crippen LogP contribution is 2.30. The maximum atomic E-state index is 12.7. The average Bonchev–Trinajstić information content (AvgIpc) is 3.06. The van der Waals surface area contributed by atoms with E-state index >= 15 is 0 Å². The Morgan fingerprint density at radius 1 is 1.30 bits per heavy atom. The summed E-state index contributed by atoms with van der Waals surface area (Å²) < 4.78 is 1.72. The molecule has 0 saturated heterocycles. The minimum atomic E-state index is -0.259. The molecule has 1 aliphatic rings. The quantitative estimate of drug-likeness (QED) is 0.792. The van der Waals surface area contributed by atoms with Crippen LogP contribution in [0.15, 0.2) is 23.4 Å². The Morgan fingerprint density at radius 2 is 2.07 bits per heavy atom. The zero-order valence-corrected chi connectivity index (χ0v) is 17.6. The van der Waals surface area contributed by atoms with E-state index in [0.29, 0.717) is 17.0 Å². The standard InChI is InChI=1S/C20H29N5OS/c1-12-9-10-18(14(3)11-12)25-20(22-23-24-25)27-16(5)19(26)21-17-8-6-7-13(2)15(17)4/h9-11,13,15-17H,6-8H2,1-5H3,(H,21,26)/t13-,15+,16+,17+/m0/s1. The molecule has 1 amide bonds. The molecule has 2 aromatic rings. The van der Waals surface area contributed by atoms with Crippen molar-refractivity contribution in [2.45, 2.75) is 70.3 Å². The molecule has 0 bridgehead atoms. The van der Waals surface area contributed by atoms with Gasteiger partial charge in [0.1, 0.15) is 0 Å². The Bertz CT molecular complexity index is 805. The van der Waals surface area contributed by atoms with E-state index in [4.69, 9.17) is 0 Å². The minimum Gasteiger partial charge on any atom is -0.352 e. The molecule has 0 unspecified atom stereocenters. The van der Waals surface area contributed by atoms with Crippen LogP contribution < -0.4 is 5.32 Å². The van der Waals surface area contributed by atoms with Crippen molar-refractivity contribution >= 4 is 17.7 Å². The molecule has 0 radical (unpaired) electrons. The fourth-order valence-corrected chi connectivity index (χ4v) is 4.55. The predicted octanol–water partition coefficient (Wildman–Crippen LogP) is 3.70. The van der Waals surface area contributed by atoms with Gasteiger partial charge in [-0.1, -0.05) is 56.1 Å². The van der Waals surface area contributed by atoms with Gasteiger partial charge in [0.2, 0.25) is 11.1 Å². The van der Waals surface area contributed by atoms with Crippen molar-refractivity contribution < 1.29 is 4.79 Å². The number of nitrogens with one attached hydrogen (secondary N) is 1. The number of thioether (sulfide) groups is 1. The van der Waals surface area contributed by atoms with Gasteiger partial charge in [-0.2, -0.15) is 4.68 Å². The molecule has 3 rings (SSSR count). The third kappa shape index (κ3) is 4.51. The van der Waals surface area contributed by atoms with Crippen molar-refractivity contribution in [2.24, 2.45) is 11.8 Å². The Kier molecular flexibility index (Phi) is 6.19. The first-order chi connectivity index (χ1) is 12.9. The first-order valence-corrected chi connectivity index (χ1v) is 10.6. The van der Waals surface area contributed by atoms with Gasteiger partial charge >= 0.3 is 0 Å². The van der Waals surface area contributed by atoms with Crippen molar-refractivity contribution in [1.82, 2.24) is 25.5 Å². The summed E-state index contributed by atoms with van der Waals surface area (Å²) in [6.45, 7) is 10.5. The summed E-state index contributed by atoms with van der Waals surface area (Å²) in [7, 11) is 0. The third-order valence-corrected chi connectivity index (χ3v) is 6.74. The van der Waals surface area contributed by atoms with E-state index in [1.54, 1.807) is 4.68 Å². The van der Waals surface area contributed by atoms with Crippen LogP contribution in [0.3, 0.4) is 0 Å². The van der Waals surface area contributed by atoms with E-state index in [-0.39, 0.29) is 17.2 Å². The number of rotatable bonds is 5. The second-order valence-electron chi connectivity index (χ2n) is 7.81. The van der Waals surface area contributed by atoms with E-state index in [0.717, 1.165) is 17.7 Å². The molecule has 1 aromatic heterocycles. The van der Waals surface area contributed by atoms with Crippen LogP contribution >= 0.6 is 11.8 Å². The van der Waals surface area contributed by atoms with Crippen LogP contribution in [0, 0.1) is 25.7 Å². The number of tetrazole rings is 1. The summed E-state index contributed by atoms with van der Waals surface area (Å²) >= 11 is 1.40. The van der Waals surface area contributed by atoms with Crippen LogP contribution in [0.25, 0.3) is 5.69 Å². The molecule has 1 aliphatic carbocycles. The molecule has 1 N–H and O–H groups in total. The summed E-state index contributed by atoms with van der Waals surface area (Å²) in [5, 5.41) is 15.7. The summed E-state index contributed by atoms with van der Waals surface area (Å²) in [5.74, 6) is 1.23. The highest BCUT2D eigenvalue weighted by atomic mass is 32.2. The van der Waals surface area contributed by atoms with Crippen LogP contribution in [0.5, 0.6) is 0 Å². The lowest BCUT2D eigenvalue weighted by atomic mass is 9.78. The topological polar surface area (TPSA) is 72.7 Å². The van der Waals surface area contributed by atoms with Gasteiger partial charge in [-0.25, -0.2) is 0 Å². The molecule has 0 spiro atoms. The molecule has 7 heteroatoms. The molecule has 4 atom stereocenters. The molecular weight excluding hydrogens is 358 g/mol. The summed E-state index contributed by atoms with van der Waals surface area (Å²) in [5.41, 5.74) is 3.24. The number of aryl methyl sites for hydroxylation is 2. The van der Waals surface area contributed by atoms with Gasteiger partial charge in [-0.3, -0.25) is 4.79 Å². The summed E-state index contributed by atoms with van der Waals surface area (Å²) in [4.78, 5) is 12.7. The highest BCUT2D eigenvalue weighted by molar-refractivity contribution is 8.00. The predicted molar refractivity (Wildman–Crippen MR) is 108 cm³/mol. The van der Waals surface area contributed by atoms with E-state index in [1.807, 2.05) is 26.0 Å². The van der Waals surface area contributed by atoms with Crippen molar-refractivity contribution in [3.05, 3.63) is 29.3 Å². The Balaban J connectivity index is 1.69. The van der Waals surface area contributed by atoms with E-state index in [2.05, 4.69) is 47.7 Å². The molecular formula is C20H29N5OS. The first-order valence-electron chi connectivity index (χ1n) is 9.70. The zero-order chi connectivity index (χ0) is 19.6. The fourth-order valence-electron chi connectivity index (χ4n) is 3.74. The Morgan fingerprint density at radius 3 is 2.81 bits per heavy atom. The average molecular weight is 388 g/mol. The number of carbonyl (C=O) groups is 1. The van der Waals surface area contributed by atoms with Gasteiger partial charge in [-0.15, -0.1) is 5.10 Å². The van der Waals surface area contributed by atoms with Gasteiger partial charge in [0.25, 0.3) is 0 Å². The largest absolute Gasteiger partial charge is 0.352 e. The SMILES string of the molecule is Cc1ccc(-n2nnnc2S[C@H](C)C(=O)N[C@@H]2CCC[C@H](C)[C@H]2C)c(C)c1. The van der Waals surface area contributed by atoms with Gasteiger partial charge in [0.05, 0.1) is 10.9 Å². The molecule has 0 aliphatic heterocycles. The Hall–Kier alpha value is -1.89. The van der Waals surface area contributed by atoms with Crippen molar-refractivity contribution in [2.75, 3.05) is 0 Å². The second kappa shape index (κ2) is 8.42. The summed E-state index contributed by atoms with van der Waals surface area (Å²) in [6, 6.07) is 6.42. The van der Waals surface area contributed by atoms with Crippen molar-refractivity contribution in [3.8, 4) is 5.69 Å². The van der Waals surface area contributed by atoms with Gasteiger partial charge in [0.15, 0.2) is 0 Å². The number of nitrogens with zero attached hydrogens (tertiary/aromatic N) is 4. The van der Waals surface area contributed by atoms with Crippen LogP contribution in [0.4, 0.5) is 0 Å². The van der Waals surface area contributed by atoms with E-state index < -0.39 is 0 Å². The zero-order valence-electron chi connectivity index (χ0n) is 16.8. The number of carbonyl (C=O) groups excluding carboxylic acids is 1. The van der Waals surface area contributed by atoms with Crippen LogP contribution in [0.1, 0.15) is 51.2 Å². The maximum absolute atomic E-state index is 12.7. The van der Waals surface area contributed by atoms with Crippen molar-refractivity contribution in [3.63, 3.8) is 0 Å². The van der Waals surface area contributed by atoms with Gasteiger partial charge in [0, 0.05) is 6.04 Å². The smallest absolute Gasteiger partial charge is 0.233 e.